The number of anilines is 1. The lowest BCUT2D eigenvalue weighted by atomic mass is 10.1. The number of amides is 1. The molecule has 0 aliphatic carbocycles. The smallest absolute Gasteiger partial charge is 0.251 e. The van der Waals surface area contributed by atoms with Gasteiger partial charge in [0.1, 0.15) is 0 Å². The molecule has 0 atom stereocenters. The Morgan fingerprint density at radius 1 is 1.25 bits per heavy atom. The van der Waals surface area contributed by atoms with Crippen molar-refractivity contribution in [3.8, 4) is 0 Å². The maximum Gasteiger partial charge on any atom is 0.251 e. The lowest BCUT2D eigenvalue weighted by Gasteiger charge is -1.96. The van der Waals surface area contributed by atoms with Gasteiger partial charge in [0.25, 0.3) is 5.91 Å². The minimum absolute atomic E-state index is 0.427. The van der Waals surface area contributed by atoms with Crippen LogP contribution in [0.5, 0.6) is 0 Å². The fraction of sp³-hybridized carbons (Fsp3) is 0.0833. The Bertz CT molecular complexity index is 505. The third kappa shape index (κ3) is 2.23. The van der Waals surface area contributed by atoms with Gasteiger partial charge in [-0.25, -0.2) is 0 Å². The summed E-state index contributed by atoms with van der Waals surface area (Å²) in [5, 5.41) is 0.499. The molecule has 0 unspecified atom stereocenters. The van der Waals surface area contributed by atoms with E-state index in [9.17, 15) is 4.79 Å². The van der Waals surface area contributed by atoms with Gasteiger partial charge in [0.2, 0.25) is 0 Å². The van der Waals surface area contributed by atoms with Gasteiger partial charge in [-0.15, -0.1) is 11.3 Å². The summed E-state index contributed by atoms with van der Waals surface area (Å²) >= 11 is 1.41. The second-order valence-corrected chi connectivity index (χ2v) is 4.69. The Balaban J connectivity index is 2.23. The number of primary amides is 1. The summed E-state index contributed by atoms with van der Waals surface area (Å²) in [5.74, 6) is -0.465. The van der Waals surface area contributed by atoms with Crippen molar-refractivity contribution in [2.75, 3.05) is 5.73 Å². The van der Waals surface area contributed by atoms with Crippen LogP contribution in [0.4, 0.5) is 5.00 Å². The van der Waals surface area contributed by atoms with Crippen LogP contribution in [0, 0.1) is 0 Å². The highest BCUT2D eigenvalue weighted by molar-refractivity contribution is 7.16. The van der Waals surface area contributed by atoms with Gasteiger partial charge >= 0.3 is 0 Å². The van der Waals surface area contributed by atoms with Crippen molar-refractivity contribution in [1.29, 1.82) is 0 Å². The zero-order valence-electron chi connectivity index (χ0n) is 8.64. The van der Waals surface area contributed by atoms with Crippen LogP contribution >= 0.6 is 11.3 Å². The molecule has 0 fully saturated rings. The lowest BCUT2D eigenvalue weighted by molar-refractivity contribution is 0.100. The van der Waals surface area contributed by atoms with Crippen molar-refractivity contribution in [3.05, 3.63) is 52.4 Å². The first-order chi connectivity index (χ1) is 7.66. The number of thiophene rings is 1. The molecule has 0 aliphatic heterocycles. The first kappa shape index (κ1) is 10.7. The van der Waals surface area contributed by atoms with E-state index in [0.717, 1.165) is 11.3 Å². The van der Waals surface area contributed by atoms with E-state index >= 15 is 0 Å². The van der Waals surface area contributed by atoms with Crippen LogP contribution in [-0.2, 0) is 6.42 Å². The van der Waals surface area contributed by atoms with Crippen LogP contribution in [0.1, 0.15) is 20.8 Å². The fourth-order valence-electron chi connectivity index (χ4n) is 1.53. The molecule has 1 aromatic carbocycles. The molecule has 4 N–H and O–H groups in total. The molecule has 0 saturated carbocycles. The third-order valence-corrected chi connectivity index (χ3v) is 3.26. The largest absolute Gasteiger partial charge is 0.390 e. The molecular formula is C12H12N2OS. The molecule has 1 amide bonds. The number of hydrogen-bond donors (Lipinski definition) is 2. The first-order valence-electron chi connectivity index (χ1n) is 4.88. The number of carbonyl (C=O) groups excluding carboxylic acids is 1. The minimum atomic E-state index is -0.465. The molecule has 0 radical (unpaired) electrons. The molecule has 2 aromatic rings. The van der Waals surface area contributed by atoms with Gasteiger partial charge in [-0.1, -0.05) is 30.3 Å². The average Bonchev–Trinajstić information content (AvgIpc) is 2.61. The summed E-state index contributed by atoms with van der Waals surface area (Å²) in [5.41, 5.74) is 12.5. The van der Waals surface area contributed by atoms with E-state index < -0.39 is 5.91 Å². The van der Waals surface area contributed by atoms with Gasteiger partial charge in [0.15, 0.2) is 0 Å². The second kappa shape index (κ2) is 4.37. The Hall–Kier alpha value is -1.81. The maximum absolute atomic E-state index is 11.0. The highest BCUT2D eigenvalue weighted by Gasteiger charge is 2.10. The number of rotatable bonds is 3. The highest BCUT2D eigenvalue weighted by Crippen LogP contribution is 2.26. The molecule has 3 nitrogen and oxygen atoms in total. The Labute approximate surface area is 97.7 Å². The van der Waals surface area contributed by atoms with E-state index in [1.165, 1.54) is 16.9 Å². The van der Waals surface area contributed by atoms with Gasteiger partial charge in [-0.2, -0.15) is 0 Å². The Morgan fingerprint density at radius 2 is 1.94 bits per heavy atom. The van der Waals surface area contributed by atoms with E-state index in [4.69, 9.17) is 11.5 Å². The van der Waals surface area contributed by atoms with Crippen molar-refractivity contribution >= 4 is 22.2 Å². The molecule has 0 spiro atoms. The minimum Gasteiger partial charge on any atom is -0.390 e. The number of nitrogens with two attached hydrogens (primary N) is 2. The molecule has 0 saturated heterocycles. The zero-order valence-corrected chi connectivity index (χ0v) is 9.46. The molecule has 16 heavy (non-hydrogen) atoms. The Kier molecular flexibility index (Phi) is 2.92. The number of hydrogen-bond acceptors (Lipinski definition) is 3. The van der Waals surface area contributed by atoms with Crippen LogP contribution in [0.3, 0.4) is 0 Å². The average molecular weight is 232 g/mol. The number of benzene rings is 1. The van der Waals surface area contributed by atoms with Crippen LogP contribution < -0.4 is 11.5 Å². The van der Waals surface area contributed by atoms with Gasteiger partial charge in [-0.05, 0) is 11.6 Å². The summed E-state index contributed by atoms with van der Waals surface area (Å²) in [6.45, 7) is 0. The predicted octanol–water partition coefficient (Wildman–Crippen LogP) is 2.02. The van der Waals surface area contributed by atoms with Gasteiger partial charge in [0, 0.05) is 11.3 Å². The summed E-state index contributed by atoms with van der Waals surface area (Å²) in [7, 11) is 0. The van der Waals surface area contributed by atoms with E-state index in [0.29, 0.717) is 10.6 Å². The normalized spacial score (nSPS) is 10.2. The number of carbonyl (C=O) groups is 1. The summed E-state index contributed by atoms with van der Waals surface area (Å²) in [4.78, 5) is 12.1. The number of nitrogen functional groups attached to an aromatic ring is 1. The van der Waals surface area contributed by atoms with Crippen molar-refractivity contribution in [1.82, 2.24) is 0 Å². The van der Waals surface area contributed by atoms with Crippen molar-refractivity contribution in [2.24, 2.45) is 5.73 Å². The van der Waals surface area contributed by atoms with E-state index in [1.54, 1.807) is 6.07 Å². The van der Waals surface area contributed by atoms with Crippen molar-refractivity contribution in [2.45, 2.75) is 6.42 Å². The first-order valence-corrected chi connectivity index (χ1v) is 5.70. The van der Waals surface area contributed by atoms with Gasteiger partial charge in [-0.3, -0.25) is 4.79 Å². The van der Waals surface area contributed by atoms with E-state index in [2.05, 4.69) is 0 Å². The topological polar surface area (TPSA) is 69.1 Å². The molecular weight excluding hydrogens is 220 g/mol. The lowest BCUT2D eigenvalue weighted by Crippen LogP contribution is -2.11. The van der Waals surface area contributed by atoms with E-state index in [1.807, 2.05) is 30.3 Å². The SMILES string of the molecule is NC(=O)c1cc(Cc2ccccc2)sc1N. The highest BCUT2D eigenvalue weighted by atomic mass is 32.1. The van der Waals surface area contributed by atoms with Crippen LogP contribution in [0.25, 0.3) is 0 Å². The Morgan fingerprint density at radius 3 is 2.50 bits per heavy atom. The molecule has 1 heterocycles. The van der Waals surface area contributed by atoms with Crippen LogP contribution in [-0.4, -0.2) is 5.91 Å². The van der Waals surface area contributed by atoms with Gasteiger partial charge < -0.3 is 11.5 Å². The van der Waals surface area contributed by atoms with Crippen molar-refractivity contribution < 1.29 is 4.79 Å². The third-order valence-electron chi connectivity index (χ3n) is 2.30. The second-order valence-electron chi connectivity index (χ2n) is 3.52. The molecule has 82 valence electrons. The summed E-state index contributed by atoms with van der Waals surface area (Å²) < 4.78 is 0. The standard InChI is InChI=1S/C12H12N2OS/c13-11(15)10-7-9(16-12(10)14)6-8-4-2-1-3-5-8/h1-5,7H,6,14H2,(H2,13,15). The van der Waals surface area contributed by atoms with Crippen molar-refractivity contribution in [3.63, 3.8) is 0 Å². The zero-order chi connectivity index (χ0) is 11.5. The van der Waals surface area contributed by atoms with Crippen LogP contribution in [0.15, 0.2) is 36.4 Å². The molecule has 1 aromatic heterocycles. The maximum atomic E-state index is 11.0. The summed E-state index contributed by atoms with van der Waals surface area (Å²) in [6, 6.07) is 11.8. The molecule has 4 heteroatoms. The molecule has 0 bridgehead atoms. The van der Waals surface area contributed by atoms with Crippen LogP contribution in [0.2, 0.25) is 0 Å². The van der Waals surface area contributed by atoms with E-state index in [-0.39, 0.29) is 0 Å². The molecule has 2 rings (SSSR count). The monoisotopic (exact) mass is 232 g/mol. The quantitative estimate of drug-likeness (QED) is 0.850. The van der Waals surface area contributed by atoms with Gasteiger partial charge in [0.05, 0.1) is 10.6 Å². The summed E-state index contributed by atoms with van der Waals surface area (Å²) in [6.07, 6.45) is 0.781. The predicted molar refractivity (Wildman–Crippen MR) is 66.5 cm³/mol. The fourth-order valence-corrected chi connectivity index (χ4v) is 2.50. The molecule has 0 aliphatic rings.